The summed E-state index contributed by atoms with van der Waals surface area (Å²) in [7, 11) is 0. The number of anilines is 1. The van der Waals surface area contributed by atoms with Crippen LogP contribution >= 0.6 is 0 Å². The van der Waals surface area contributed by atoms with Crippen molar-refractivity contribution >= 4 is 29.0 Å². The molecule has 0 radical (unpaired) electrons. The molecule has 7 heteroatoms. The summed E-state index contributed by atoms with van der Waals surface area (Å²) < 4.78 is 0. The van der Waals surface area contributed by atoms with Gasteiger partial charge in [-0.1, -0.05) is 27.7 Å². The molecule has 2 rings (SSSR count). The zero-order valence-electron chi connectivity index (χ0n) is 21.2. The van der Waals surface area contributed by atoms with Crippen molar-refractivity contribution in [2.45, 2.75) is 73.6 Å². The number of nitrogens with one attached hydrogen (secondary N) is 1. The molecule has 1 N–H and O–H groups in total. The van der Waals surface area contributed by atoms with Crippen molar-refractivity contribution in [2.24, 2.45) is 11.8 Å². The third-order valence-electron chi connectivity index (χ3n) is 6.07. The molecule has 0 aliphatic carbocycles. The van der Waals surface area contributed by atoms with E-state index in [1.54, 1.807) is 13.0 Å². The number of hydrogen-bond donors (Lipinski definition) is 1. The maximum atomic E-state index is 12.5. The lowest BCUT2D eigenvalue weighted by Gasteiger charge is -2.29. The van der Waals surface area contributed by atoms with Crippen molar-refractivity contribution in [3.8, 4) is 0 Å². The van der Waals surface area contributed by atoms with Gasteiger partial charge in [-0.05, 0) is 45.2 Å². The van der Waals surface area contributed by atoms with Crippen LogP contribution in [0.5, 0.6) is 0 Å². The first-order chi connectivity index (χ1) is 15.6. The molecule has 1 aliphatic heterocycles. The largest absolute Gasteiger partial charge is 0.354 e. The van der Waals surface area contributed by atoms with E-state index in [1.165, 1.54) is 6.92 Å². The molecule has 7 nitrogen and oxygen atoms in total. The number of carbonyl (C=O) groups excluding carboxylic acids is 4. The molecule has 1 saturated heterocycles. The van der Waals surface area contributed by atoms with Crippen LogP contribution in [0.15, 0.2) is 12.1 Å². The maximum absolute atomic E-state index is 12.5. The normalized spacial score (nSPS) is 15.2. The van der Waals surface area contributed by atoms with Gasteiger partial charge in [-0.15, -0.1) is 0 Å². The number of hydrogen-bond acceptors (Lipinski definition) is 7. The Hall–Kier alpha value is -2.41. The van der Waals surface area contributed by atoms with Gasteiger partial charge in [-0.3, -0.25) is 19.2 Å². The molecule has 0 amide bonds. The van der Waals surface area contributed by atoms with Gasteiger partial charge in [0.1, 0.15) is 23.1 Å². The average molecular weight is 460 g/mol. The second-order valence-electron chi connectivity index (χ2n) is 8.87. The Balaban J connectivity index is 0.000000389. The van der Waals surface area contributed by atoms with Crippen molar-refractivity contribution < 1.29 is 19.2 Å². The van der Waals surface area contributed by atoms with Gasteiger partial charge >= 0.3 is 0 Å². The van der Waals surface area contributed by atoms with Crippen LogP contribution in [0.4, 0.5) is 5.82 Å². The monoisotopic (exact) mass is 459 g/mol. The van der Waals surface area contributed by atoms with Crippen LogP contribution in [0.25, 0.3) is 0 Å². The van der Waals surface area contributed by atoms with E-state index < -0.39 is 0 Å². The molecule has 2 heterocycles. The molecule has 0 spiro atoms. The Bertz CT molecular complexity index is 816. The van der Waals surface area contributed by atoms with Gasteiger partial charge < -0.3 is 10.2 Å². The minimum atomic E-state index is -0.117. The second-order valence-corrected chi connectivity index (χ2v) is 8.87. The molecule has 184 valence electrons. The summed E-state index contributed by atoms with van der Waals surface area (Å²) >= 11 is 0. The summed E-state index contributed by atoms with van der Waals surface area (Å²) in [6, 6.07) is 3.58. The van der Waals surface area contributed by atoms with E-state index in [-0.39, 0.29) is 35.0 Å². The van der Waals surface area contributed by atoms with Gasteiger partial charge in [0.15, 0.2) is 11.6 Å². The molecule has 1 aliphatic rings. The number of aromatic nitrogens is 1. The Labute approximate surface area is 198 Å². The average Bonchev–Trinajstić information content (AvgIpc) is 2.82. The highest BCUT2D eigenvalue weighted by atomic mass is 16.1. The SMILES string of the molecule is CCC(C)C(=O)c1nc(N2CCNCC2)ccc1C(C)=O.CCCC(=O)CCC(C)C(C)=O. The highest BCUT2D eigenvalue weighted by molar-refractivity contribution is 6.07. The Morgan fingerprint density at radius 2 is 1.64 bits per heavy atom. The Kier molecular flexibility index (Phi) is 12.7. The van der Waals surface area contributed by atoms with E-state index in [0.717, 1.165) is 44.8 Å². The van der Waals surface area contributed by atoms with Gasteiger partial charge in [-0.25, -0.2) is 4.98 Å². The molecule has 2 unspecified atom stereocenters. The fourth-order valence-corrected chi connectivity index (χ4v) is 3.39. The van der Waals surface area contributed by atoms with Gasteiger partial charge in [0, 0.05) is 56.4 Å². The van der Waals surface area contributed by atoms with Crippen molar-refractivity contribution in [1.82, 2.24) is 10.3 Å². The van der Waals surface area contributed by atoms with Crippen LogP contribution in [0.3, 0.4) is 0 Å². The van der Waals surface area contributed by atoms with Gasteiger partial charge in [0.05, 0.1) is 0 Å². The van der Waals surface area contributed by atoms with Gasteiger partial charge in [0.2, 0.25) is 0 Å². The van der Waals surface area contributed by atoms with Crippen molar-refractivity contribution in [1.29, 1.82) is 0 Å². The molecule has 0 bridgehead atoms. The highest BCUT2D eigenvalue weighted by Crippen LogP contribution is 2.20. The maximum Gasteiger partial charge on any atom is 0.184 e. The number of ketones is 4. The lowest BCUT2D eigenvalue weighted by molar-refractivity contribution is -0.121. The zero-order chi connectivity index (χ0) is 25.0. The molecule has 33 heavy (non-hydrogen) atoms. The molecular formula is C26H41N3O4. The summed E-state index contributed by atoms with van der Waals surface area (Å²) in [4.78, 5) is 52.8. The standard InChI is InChI=1S/C16H23N3O2.C10H18O2/c1-4-11(2)16(21)15-13(12(3)20)5-6-14(18-15)19-9-7-17-8-10-19;1-4-5-10(12)7-6-8(2)9(3)11/h5-6,11,17H,4,7-10H2,1-3H3;8H,4-7H2,1-3H3. The van der Waals surface area contributed by atoms with Gasteiger partial charge in [-0.2, -0.15) is 0 Å². The third kappa shape index (κ3) is 9.54. The Morgan fingerprint density at radius 1 is 1.00 bits per heavy atom. The minimum Gasteiger partial charge on any atom is -0.354 e. The molecular weight excluding hydrogens is 418 g/mol. The van der Waals surface area contributed by atoms with E-state index in [2.05, 4.69) is 15.2 Å². The summed E-state index contributed by atoms with van der Waals surface area (Å²) in [6.07, 6.45) is 3.59. The van der Waals surface area contributed by atoms with Crippen molar-refractivity contribution in [2.75, 3.05) is 31.1 Å². The van der Waals surface area contributed by atoms with E-state index in [9.17, 15) is 19.2 Å². The van der Waals surface area contributed by atoms with Crippen LogP contribution in [0.1, 0.15) is 94.5 Å². The predicted octanol–water partition coefficient (Wildman–Crippen LogP) is 4.28. The van der Waals surface area contributed by atoms with E-state index in [4.69, 9.17) is 0 Å². The Morgan fingerprint density at radius 3 is 2.15 bits per heavy atom. The molecule has 1 aromatic rings. The zero-order valence-corrected chi connectivity index (χ0v) is 21.2. The summed E-state index contributed by atoms with van der Waals surface area (Å²) in [5.41, 5.74) is 0.757. The fourth-order valence-electron chi connectivity index (χ4n) is 3.39. The smallest absolute Gasteiger partial charge is 0.184 e. The van der Waals surface area contributed by atoms with Gasteiger partial charge in [0.25, 0.3) is 0 Å². The molecule has 1 fully saturated rings. The fraction of sp³-hybridized carbons (Fsp3) is 0.654. The molecule has 0 saturated carbocycles. The first-order valence-electron chi connectivity index (χ1n) is 12.2. The topological polar surface area (TPSA) is 96.4 Å². The van der Waals surface area contributed by atoms with E-state index >= 15 is 0 Å². The minimum absolute atomic E-state index is 0.0420. The second kappa shape index (κ2) is 14.7. The van der Waals surface area contributed by atoms with Crippen LogP contribution < -0.4 is 10.2 Å². The van der Waals surface area contributed by atoms with Crippen LogP contribution in [-0.4, -0.2) is 54.3 Å². The molecule has 1 aromatic heterocycles. The number of nitrogens with zero attached hydrogens (tertiary/aromatic N) is 2. The highest BCUT2D eigenvalue weighted by Gasteiger charge is 2.23. The molecule has 0 aromatic carbocycles. The lowest BCUT2D eigenvalue weighted by atomic mass is 9.96. The predicted molar refractivity (Wildman–Crippen MR) is 132 cm³/mol. The van der Waals surface area contributed by atoms with E-state index in [1.807, 2.05) is 33.8 Å². The summed E-state index contributed by atoms with van der Waals surface area (Å²) in [6.45, 7) is 14.3. The first kappa shape index (κ1) is 28.6. The van der Waals surface area contributed by atoms with Crippen LogP contribution in [0, 0.1) is 11.8 Å². The number of piperazine rings is 1. The first-order valence-corrected chi connectivity index (χ1v) is 12.2. The number of pyridine rings is 1. The lowest BCUT2D eigenvalue weighted by Crippen LogP contribution is -2.44. The summed E-state index contributed by atoms with van der Waals surface area (Å²) in [5, 5.41) is 3.29. The number of Topliss-reactive ketones (excluding diaryl/α,β-unsaturated/α-hetero) is 4. The quantitative estimate of drug-likeness (QED) is 0.493. The third-order valence-corrected chi connectivity index (χ3v) is 6.07. The summed E-state index contributed by atoms with van der Waals surface area (Å²) in [5.74, 6) is 1.03. The number of carbonyl (C=O) groups is 4. The van der Waals surface area contributed by atoms with Crippen molar-refractivity contribution in [3.63, 3.8) is 0 Å². The molecule has 2 atom stereocenters. The van der Waals surface area contributed by atoms with Crippen LogP contribution in [-0.2, 0) is 9.59 Å². The number of rotatable bonds is 11. The van der Waals surface area contributed by atoms with Crippen molar-refractivity contribution in [3.05, 3.63) is 23.4 Å². The van der Waals surface area contributed by atoms with E-state index in [0.29, 0.717) is 30.5 Å². The van der Waals surface area contributed by atoms with Crippen LogP contribution in [0.2, 0.25) is 0 Å².